The molecular weight excluding hydrogens is 442 g/mol. The zero-order valence-corrected chi connectivity index (χ0v) is 19.5. The molecule has 178 valence electrons. The molecule has 3 aromatic heterocycles. The van der Waals surface area contributed by atoms with Crippen LogP contribution in [-0.4, -0.2) is 59.7 Å². The molecule has 9 nitrogen and oxygen atoms in total. The number of piperidine rings is 1. The third-order valence-electron chi connectivity index (χ3n) is 6.78. The number of benzene rings is 2. The molecule has 35 heavy (non-hydrogen) atoms. The summed E-state index contributed by atoms with van der Waals surface area (Å²) < 4.78 is 1.56. The topological polar surface area (TPSA) is 129 Å². The second-order valence-electron chi connectivity index (χ2n) is 9.32. The summed E-state index contributed by atoms with van der Waals surface area (Å²) >= 11 is 0. The van der Waals surface area contributed by atoms with Crippen LogP contribution in [0.4, 0.5) is 5.82 Å². The summed E-state index contributed by atoms with van der Waals surface area (Å²) in [5.74, 6) is 0.916. The van der Waals surface area contributed by atoms with Crippen LogP contribution < -0.4 is 5.73 Å². The predicted octanol–water partition coefficient (Wildman–Crippen LogP) is 3.31. The number of nitrogens with one attached hydrogen (secondary N) is 2. The molecule has 5 aromatic rings. The maximum atomic E-state index is 13.3. The number of H-pyrrole nitrogens is 2. The van der Waals surface area contributed by atoms with E-state index >= 15 is 0 Å². The first-order chi connectivity index (χ1) is 16.9. The van der Waals surface area contributed by atoms with Crippen LogP contribution in [-0.2, 0) is 6.54 Å². The van der Waals surface area contributed by atoms with Gasteiger partial charge in [0.25, 0.3) is 0 Å². The summed E-state index contributed by atoms with van der Waals surface area (Å²) in [5.41, 5.74) is 11.8. The summed E-state index contributed by atoms with van der Waals surface area (Å²) in [6.07, 6.45) is 2.96. The van der Waals surface area contributed by atoms with Gasteiger partial charge in [-0.2, -0.15) is 5.10 Å². The number of imidazole rings is 1. The summed E-state index contributed by atoms with van der Waals surface area (Å²) in [6.45, 7) is 4.51. The number of carbonyl (C=O) groups excluding carboxylic acids is 1. The number of aliphatic hydroxyl groups is 1. The van der Waals surface area contributed by atoms with Crippen molar-refractivity contribution in [2.75, 3.05) is 18.8 Å². The molecule has 1 fully saturated rings. The Kier molecular flexibility index (Phi) is 5.16. The lowest BCUT2D eigenvalue weighted by atomic mass is 10.1. The van der Waals surface area contributed by atoms with Crippen LogP contribution in [0.25, 0.3) is 27.6 Å². The number of rotatable bonds is 5. The Morgan fingerprint density at radius 1 is 1.11 bits per heavy atom. The van der Waals surface area contributed by atoms with Gasteiger partial charge in [-0.1, -0.05) is 12.1 Å². The summed E-state index contributed by atoms with van der Waals surface area (Å²) in [4.78, 5) is 26.6. The number of nitrogen functional groups attached to an aromatic ring is 1. The number of aryl methyl sites for hydroxylation is 1. The molecule has 2 aromatic carbocycles. The molecule has 6 rings (SSSR count). The minimum Gasteiger partial charge on any atom is -0.393 e. The van der Waals surface area contributed by atoms with Crippen LogP contribution in [0.15, 0.2) is 48.7 Å². The molecule has 9 heteroatoms. The van der Waals surface area contributed by atoms with Gasteiger partial charge in [-0.15, -0.1) is 0 Å². The van der Waals surface area contributed by atoms with E-state index in [-0.39, 0.29) is 17.7 Å². The van der Waals surface area contributed by atoms with Gasteiger partial charge in [0, 0.05) is 30.5 Å². The van der Waals surface area contributed by atoms with Gasteiger partial charge in [-0.3, -0.25) is 9.69 Å². The van der Waals surface area contributed by atoms with Crippen LogP contribution in [0.2, 0.25) is 0 Å². The summed E-state index contributed by atoms with van der Waals surface area (Å²) in [7, 11) is 0. The number of aromatic nitrogens is 5. The fourth-order valence-corrected chi connectivity index (χ4v) is 4.87. The Hall–Kier alpha value is -3.95. The zero-order chi connectivity index (χ0) is 24.1. The maximum absolute atomic E-state index is 13.3. The van der Waals surface area contributed by atoms with Crippen molar-refractivity contribution in [2.45, 2.75) is 32.4 Å². The fraction of sp³-hybridized carbons (Fsp3) is 0.269. The van der Waals surface area contributed by atoms with E-state index in [2.05, 4.69) is 37.1 Å². The van der Waals surface area contributed by atoms with Crippen LogP contribution in [0.5, 0.6) is 0 Å². The number of aliphatic hydroxyl groups excluding tert-OH is 1. The number of carbonyl (C=O) groups is 1. The zero-order valence-electron chi connectivity index (χ0n) is 19.5. The number of anilines is 1. The number of aromatic amines is 2. The molecule has 0 unspecified atom stereocenters. The first-order valence-electron chi connectivity index (χ1n) is 11.8. The SMILES string of the molecule is Cc1nc2cc(-n3ncc(C(=O)c4cc5ccc(CN6CCC(O)CC6)cc5[nH]4)c3N)ccc2[nH]1. The highest BCUT2D eigenvalue weighted by atomic mass is 16.3. The predicted molar refractivity (Wildman–Crippen MR) is 135 cm³/mol. The lowest BCUT2D eigenvalue weighted by molar-refractivity contribution is 0.0792. The lowest BCUT2D eigenvalue weighted by Crippen LogP contribution is -2.35. The van der Waals surface area contributed by atoms with Crippen molar-refractivity contribution in [1.82, 2.24) is 29.6 Å². The molecular formula is C26H27N7O2. The van der Waals surface area contributed by atoms with E-state index in [1.165, 1.54) is 11.8 Å². The Balaban J connectivity index is 1.25. The first kappa shape index (κ1) is 21.6. The van der Waals surface area contributed by atoms with Gasteiger partial charge in [0.15, 0.2) is 0 Å². The number of likely N-dealkylation sites (tertiary alicyclic amines) is 1. The molecule has 4 heterocycles. The highest BCUT2D eigenvalue weighted by Crippen LogP contribution is 2.25. The third kappa shape index (κ3) is 3.98. The van der Waals surface area contributed by atoms with Crippen molar-refractivity contribution in [3.05, 3.63) is 71.3 Å². The Morgan fingerprint density at radius 3 is 2.77 bits per heavy atom. The quantitative estimate of drug-likeness (QED) is 0.292. The largest absolute Gasteiger partial charge is 0.393 e. The van der Waals surface area contributed by atoms with Gasteiger partial charge in [-0.25, -0.2) is 9.67 Å². The highest BCUT2D eigenvalue weighted by Gasteiger charge is 2.21. The number of hydrogen-bond donors (Lipinski definition) is 4. The number of nitrogens with two attached hydrogens (primary N) is 1. The Bertz CT molecular complexity index is 1550. The van der Waals surface area contributed by atoms with Crippen molar-refractivity contribution in [2.24, 2.45) is 0 Å². The molecule has 0 amide bonds. The number of fused-ring (bicyclic) bond motifs is 2. The van der Waals surface area contributed by atoms with E-state index in [0.717, 1.165) is 65.9 Å². The second kappa shape index (κ2) is 8.37. The maximum Gasteiger partial charge on any atom is 0.214 e. The molecule has 1 aliphatic rings. The van der Waals surface area contributed by atoms with Gasteiger partial charge >= 0.3 is 0 Å². The van der Waals surface area contributed by atoms with Crippen LogP contribution >= 0.6 is 0 Å². The standard InChI is InChI=1S/C26H27N7O2/c1-15-29-21-5-4-18(12-23(21)30-15)33-26(27)20(13-28-33)25(35)24-11-17-3-2-16(10-22(17)31-24)14-32-8-6-19(34)7-9-32/h2-5,10-13,19,31,34H,6-9,14,27H2,1H3,(H,29,30). The van der Waals surface area contributed by atoms with Crippen molar-refractivity contribution in [1.29, 1.82) is 0 Å². The van der Waals surface area contributed by atoms with Gasteiger partial charge in [0.2, 0.25) is 5.78 Å². The van der Waals surface area contributed by atoms with Crippen molar-refractivity contribution in [3.8, 4) is 5.69 Å². The van der Waals surface area contributed by atoms with E-state index in [0.29, 0.717) is 11.3 Å². The van der Waals surface area contributed by atoms with E-state index < -0.39 is 0 Å². The van der Waals surface area contributed by atoms with Gasteiger partial charge < -0.3 is 20.8 Å². The molecule has 1 saturated heterocycles. The molecule has 0 spiro atoms. The summed E-state index contributed by atoms with van der Waals surface area (Å²) in [5, 5.41) is 15.1. The molecule has 1 aliphatic heterocycles. The Labute approximate surface area is 201 Å². The van der Waals surface area contributed by atoms with Gasteiger partial charge in [0.05, 0.1) is 40.3 Å². The Morgan fingerprint density at radius 2 is 1.94 bits per heavy atom. The molecule has 0 radical (unpaired) electrons. The molecule has 0 aliphatic carbocycles. The monoisotopic (exact) mass is 469 g/mol. The van der Waals surface area contributed by atoms with E-state index in [1.807, 2.05) is 37.3 Å². The molecule has 5 N–H and O–H groups in total. The minimum atomic E-state index is -0.201. The molecule has 0 bridgehead atoms. The van der Waals surface area contributed by atoms with Crippen LogP contribution in [0, 0.1) is 6.92 Å². The average Bonchev–Trinajstić information content (AvgIpc) is 3.55. The van der Waals surface area contributed by atoms with Crippen molar-refractivity contribution < 1.29 is 9.90 Å². The van der Waals surface area contributed by atoms with Crippen LogP contribution in [0.1, 0.15) is 40.3 Å². The first-order valence-corrected chi connectivity index (χ1v) is 11.8. The van der Waals surface area contributed by atoms with E-state index in [1.54, 1.807) is 4.68 Å². The molecule has 0 saturated carbocycles. The van der Waals surface area contributed by atoms with Crippen molar-refractivity contribution in [3.63, 3.8) is 0 Å². The number of nitrogens with zero attached hydrogens (tertiary/aromatic N) is 4. The number of ketones is 1. The average molecular weight is 470 g/mol. The van der Waals surface area contributed by atoms with E-state index in [9.17, 15) is 9.90 Å². The number of hydrogen-bond acceptors (Lipinski definition) is 6. The van der Waals surface area contributed by atoms with E-state index in [4.69, 9.17) is 5.73 Å². The minimum absolute atomic E-state index is 0.181. The van der Waals surface area contributed by atoms with Gasteiger partial charge in [0.1, 0.15) is 11.6 Å². The van der Waals surface area contributed by atoms with Crippen molar-refractivity contribution >= 4 is 33.5 Å². The van der Waals surface area contributed by atoms with Gasteiger partial charge in [-0.05, 0) is 55.7 Å². The second-order valence-corrected chi connectivity index (χ2v) is 9.32. The third-order valence-corrected chi connectivity index (χ3v) is 6.78. The normalized spacial score (nSPS) is 15.4. The lowest BCUT2D eigenvalue weighted by Gasteiger charge is -2.29. The molecule has 0 atom stereocenters. The highest BCUT2D eigenvalue weighted by molar-refractivity contribution is 6.12. The smallest absolute Gasteiger partial charge is 0.214 e. The van der Waals surface area contributed by atoms with Crippen LogP contribution in [0.3, 0.4) is 0 Å². The fourth-order valence-electron chi connectivity index (χ4n) is 4.87. The summed E-state index contributed by atoms with van der Waals surface area (Å²) in [6, 6.07) is 13.8.